The molecule has 32 heavy (non-hydrogen) atoms. The van der Waals surface area contributed by atoms with Crippen LogP contribution in [0.25, 0.3) is 10.9 Å². The van der Waals surface area contributed by atoms with E-state index in [9.17, 15) is 27.2 Å². The normalized spacial score (nSPS) is 12.5. The first-order valence-corrected chi connectivity index (χ1v) is 9.44. The number of pyridine rings is 2. The Morgan fingerprint density at radius 1 is 1.00 bits per heavy atom. The van der Waals surface area contributed by atoms with E-state index in [0.717, 1.165) is 18.2 Å². The summed E-state index contributed by atoms with van der Waals surface area (Å²) < 4.78 is 53.2. The molecule has 0 radical (unpaired) electrons. The number of nitrogens with zero attached hydrogens (tertiary/aromatic N) is 1. The maximum atomic E-state index is 14.5. The Morgan fingerprint density at radius 3 is 2.41 bits per heavy atom. The molecule has 4 aromatic rings. The molecular formula is C23H15F4N3O2. The summed E-state index contributed by atoms with van der Waals surface area (Å²) >= 11 is 0. The highest BCUT2D eigenvalue weighted by molar-refractivity contribution is 5.98. The van der Waals surface area contributed by atoms with Crippen LogP contribution in [0.1, 0.15) is 33.2 Å². The number of alkyl halides is 3. The van der Waals surface area contributed by atoms with E-state index in [0.29, 0.717) is 10.9 Å². The van der Waals surface area contributed by atoms with Crippen molar-refractivity contribution in [3.63, 3.8) is 0 Å². The number of aromatic nitrogens is 2. The average Bonchev–Trinajstić information content (AvgIpc) is 2.77. The van der Waals surface area contributed by atoms with Gasteiger partial charge in [-0.15, -0.1) is 0 Å². The number of carbonyl (C=O) groups excluding carboxylic acids is 1. The zero-order valence-electron chi connectivity index (χ0n) is 16.3. The quantitative estimate of drug-likeness (QED) is 0.455. The lowest BCUT2D eigenvalue weighted by atomic mass is 10.00. The second-order valence-electron chi connectivity index (χ2n) is 7.02. The van der Waals surface area contributed by atoms with Crippen LogP contribution >= 0.6 is 0 Å². The molecule has 0 saturated carbocycles. The molecule has 9 heteroatoms. The molecule has 0 saturated heterocycles. The van der Waals surface area contributed by atoms with E-state index in [-0.39, 0.29) is 22.4 Å². The Morgan fingerprint density at radius 2 is 1.72 bits per heavy atom. The van der Waals surface area contributed by atoms with Gasteiger partial charge in [0, 0.05) is 23.3 Å². The van der Waals surface area contributed by atoms with Crippen LogP contribution in [-0.2, 0) is 6.18 Å². The average molecular weight is 441 g/mol. The SMILES string of the molecule is O=C(NC(c1ccc(C(F)(F)F)cc1)c1ncccc1F)c1ccc2ccc(=O)[nH]c2c1. The van der Waals surface area contributed by atoms with Gasteiger partial charge in [0.1, 0.15) is 11.5 Å². The van der Waals surface area contributed by atoms with E-state index >= 15 is 0 Å². The lowest BCUT2D eigenvalue weighted by molar-refractivity contribution is -0.137. The molecule has 0 aliphatic heterocycles. The maximum absolute atomic E-state index is 14.5. The van der Waals surface area contributed by atoms with Gasteiger partial charge in [0.2, 0.25) is 5.56 Å². The standard InChI is InChI=1S/C23H15F4N3O2/c24-17-2-1-11-28-21(17)20(14-5-8-16(9-6-14)23(25,26)27)30-22(32)15-4-3-13-7-10-19(31)29-18(13)12-15/h1-12,20H,(H,29,31)(H,30,32). The lowest BCUT2D eigenvalue weighted by Crippen LogP contribution is -2.30. The van der Waals surface area contributed by atoms with Gasteiger partial charge >= 0.3 is 6.18 Å². The molecule has 5 nitrogen and oxygen atoms in total. The number of benzene rings is 2. The lowest BCUT2D eigenvalue weighted by Gasteiger charge is -2.20. The summed E-state index contributed by atoms with van der Waals surface area (Å²) in [5, 5.41) is 3.33. The molecule has 2 heterocycles. The molecule has 1 amide bonds. The van der Waals surface area contributed by atoms with E-state index in [4.69, 9.17) is 0 Å². The number of rotatable bonds is 4. The number of fused-ring (bicyclic) bond motifs is 1. The zero-order chi connectivity index (χ0) is 22.9. The summed E-state index contributed by atoms with van der Waals surface area (Å²) in [5.74, 6) is -1.34. The number of carbonyl (C=O) groups is 1. The number of H-pyrrole nitrogens is 1. The predicted octanol–water partition coefficient (Wildman–Crippen LogP) is 4.60. The van der Waals surface area contributed by atoms with Gasteiger partial charge in [-0.1, -0.05) is 18.2 Å². The first kappa shape index (κ1) is 21.2. The molecule has 0 fully saturated rings. The van der Waals surface area contributed by atoms with Crippen LogP contribution in [0.4, 0.5) is 17.6 Å². The first-order valence-electron chi connectivity index (χ1n) is 9.44. The van der Waals surface area contributed by atoms with E-state index in [2.05, 4.69) is 15.3 Å². The van der Waals surface area contributed by atoms with Crippen molar-refractivity contribution >= 4 is 16.8 Å². The van der Waals surface area contributed by atoms with Crippen LogP contribution in [0.2, 0.25) is 0 Å². The number of hydrogen-bond acceptors (Lipinski definition) is 3. The molecule has 0 spiro atoms. The topological polar surface area (TPSA) is 74.8 Å². The van der Waals surface area contributed by atoms with Crippen molar-refractivity contribution in [3.8, 4) is 0 Å². The van der Waals surface area contributed by atoms with Gasteiger partial charge in [0.05, 0.1) is 11.6 Å². The molecule has 2 aromatic carbocycles. The first-order chi connectivity index (χ1) is 15.2. The highest BCUT2D eigenvalue weighted by Crippen LogP contribution is 2.31. The van der Waals surface area contributed by atoms with Gasteiger partial charge < -0.3 is 10.3 Å². The fourth-order valence-corrected chi connectivity index (χ4v) is 3.29. The second kappa shape index (κ2) is 8.26. The van der Waals surface area contributed by atoms with E-state index in [1.165, 1.54) is 42.6 Å². The Bertz CT molecular complexity index is 1350. The monoisotopic (exact) mass is 441 g/mol. The van der Waals surface area contributed by atoms with Gasteiger partial charge in [0.25, 0.3) is 5.91 Å². The van der Waals surface area contributed by atoms with Crippen LogP contribution in [0.15, 0.2) is 77.7 Å². The van der Waals surface area contributed by atoms with Gasteiger partial charge in [-0.05, 0) is 53.4 Å². The summed E-state index contributed by atoms with van der Waals surface area (Å²) in [4.78, 5) is 31.1. The summed E-state index contributed by atoms with van der Waals surface area (Å²) in [6.07, 6.45) is -3.21. The highest BCUT2D eigenvalue weighted by Gasteiger charge is 2.31. The van der Waals surface area contributed by atoms with E-state index < -0.39 is 29.5 Å². The molecule has 2 aromatic heterocycles. The summed E-state index contributed by atoms with van der Waals surface area (Å²) in [6, 6.07) is 13.0. The van der Waals surface area contributed by atoms with Gasteiger partial charge in [-0.25, -0.2) is 4.39 Å². The summed E-state index contributed by atoms with van der Waals surface area (Å²) in [5.41, 5.74) is -0.527. The van der Waals surface area contributed by atoms with Crippen molar-refractivity contribution in [1.29, 1.82) is 0 Å². The van der Waals surface area contributed by atoms with Crippen LogP contribution in [0, 0.1) is 5.82 Å². The van der Waals surface area contributed by atoms with Crippen molar-refractivity contribution < 1.29 is 22.4 Å². The largest absolute Gasteiger partial charge is 0.416 e. The molecule has 0 aliphatic rings. The van der Waals surface area contributed by atoms with Crippen LogP contribution in [0.5, 0.6) is 0 Å². The number of halogens is 4. The third kappa shape index (κ3) is 4.36. The minimum atomic E-state index is -4.53. The minimum Gasteiger partial charge on any atom is -0.339 e. The third-order valence-corrected chi connectivity index (χ3v) is 4.89. The number of hydrogen-bond donors (Lipinski definition) is 2. The van der Waals surface area contributed by atoms with Crippen molar-refractivity contribution in [3.05, 3.63) is 111 Å². The Kier molecular flexibility index (Phi) is 5.48. The fourth-order valence-electron chi connectivity index (χ4n) is 3.29. The molecule has 1 unspecified atom stereocenters. The third-order valence-electron chi connectivity index (χ3n) is 4.89. The van der Waals surface area contributed by atoms with Gasteiger partial charge in [0.15, 0.2) is 0 Å². The molecule has 162 valence electrons. The Hall–Kier alpha value is -4.01. The van der Waals surface area contributed by atoms with Crippen molar-refractivity contribution in [2.24, 2.45) is 0 Å². The van der Waals surface area contributed by atoms with Crippen molar-refractivity contribution in [2.75, 3.05) is 0 Å². The van der Waals surface area contributed by atoms with Crippen LogP contribution in [0.3, 0.4) is 0 Å². The predicted molar refractivity (Wildman–Crippen MR) is 110 cm³/mol. The van der Waals surface area contributed by atoms with Crippen molar-refractivity contribution in [2.45, 2.75) is 12.2 Å². The summed E-state index contributed by atoms with van der Waals surface area (Å²) in [7, 11) is 0. The minimum absolute atomic E-state index is 0.144. The highest BCUT2D eigenvalue weighted by atomic mass is 19.4. The van der Waals surface area contributed by atoms with Gasteiger partial charge in [-0.2, -0.15) is 13.2 Å². The second-order valence-corrected chi connectivity index (χ2v) is 7.02. The number of nitrogens with one attached hydrogen (secondary N) is 2. The molecule has 0 bridgehead atoms. The smallest absolute Gasteiger partial charge is 0.339 e. The van der Waals surface area contributed by atoms with Crippen LogP contribution in [-0.4, -0.2) is 15.9 Å². The van der Waals surface area contributed by atoms with Crippen LogP contribution < -0.4 is 10.9 Å². The molecule has 1 atom stereocenters. The Labute approximate surface area is 178 Å². The van der Waals surface area contributed by atoms with E-state index in [1.807, 2.05) is 0 Å². The number of amides is 1. The van der Waals surface area contributed by atoms with Crippen molar-refractivity contribution in [1.82, 2.24) is 15.3 Å². The van der Waals surface area contributed by atoms with E-state index in [1.54, 1.807) is 12.1 Å². The summed E-state index contributed by atoms with van der Waals surface area (Å²) in [6.45, 7) is 0. The molecular weight excluding hydrogens is 426 g/mol. The molecule has 2 N–H and O–H groups in total. The molecule has 4 rings (SSSR count). The maximum Gasteiger partial charge on any atom is 0.416 e. The zero-order valence-corrected chi connectivity index (χ0v) is 16.3. The fraction of sp³-hybridized carbons (Fsp3) is 0.0870. The van der Waals surface area contributed by atoms with Gasteiger partial charge in [-0.3, -0.25) is 14.6 Å². The molecule has 0 aliphatic carbocycles. The number of aromatic amines is 1. The Balaban J connectivity index is 1.71.